The molecule has 0 aromatic heterocycles. The zero-order valence-electron chi connectivity index (χ0n) is 16.3. The SMILES string of the molecule is N#Cc1ccc(NC(=O)C(O)(C#CCO)CC2(c3ccccc3)CC2)cc1C(F)(F)F. The fraction of sp³-hybridized carbons (Fsp3) is 0.304. The van der Waals surface area contributed by atoms with Gasteiger partial charge in [0.1, 0.15) is 6.61 Å². The molecule has 2 aromatic rings. The molecule has 0 spiro atoms. The number of amides is 1. The van der Waals surface area contributed by atoms with Crippen LogP contribution in [0.25, 0.3) is 0 Å². The van der Waals surface area contributed by atoms with Gasteiger partial charge >= 0.3 is 6.18 Å². The van der Waals surface area contributed by atoms with Crippen LogP contribution in [0.5, 0.6) is 0 Å². The molecule has 1 atom stereocenters. The Kier molecular flexibility index (Phi) is 6.08. The number of rotatable bonds is 5. The molecule has 160 valence electrons. The third-order valence-corrected chi connectivity index (χ3v) is 5.29. The first-order valence-electron chi connectivity index (χ1n) is 9.45. The van der Waals surface area contributed by atoms with Crippen molar-refractivity contribution < 1.29 is 28.2 Å². The van der Waals surface area contributed by atoms with E-state index in [0.717, 1.165) is 17.7 Å². The van der Waals surface area contributed by atoms with E-state index in [-0.39, 0.29) is 12.1 Å². The van der Waals surface area contributed by atoms with Gasteiger partial charge in [-0.15, -0.1) is 0 Å². The number of hydrogen-bond donors (Lipinski definition) is 3. The number of carbonyl (C=O) groups is 1. The molecule has 31 heavy (non-hydrogen) atoms. The Labute approximate surface area is 177 Å². The number of aliphatic hydroxyl groups excluding tert-OH is 1. The lowest BCUT2D eigenvalue weighted by Gasteiger charge is -2.27. The van der Waals surface area contributed by atoms with E-state index in [4.69, 9.17) is 10.4 Å². The summed E-state index contributed by atoms with van der Waals surface area (Å²) in [4.78, 5) is 12.9. The highest BCUT2D eigenvalue weighted by atomic mass is 19.4. The molecule has 5 nitrogen and oxygen atoms in total. The standard InChI is InChI=1S/C23H19F3N2O3/c24-23(25,26)19-13-18(8-7-16(19)14-27)28-20(30)22(31,9-4-12-29)15-21(10-11-21)17-5-2-1-3-6-17/h1-3,5-8,13,29,31H,10-12,15H2,(H,28,30). The number of alkyl halides is 3. The largest absolute Gasteiger partial charge is 0.417 e. The normalized spacial score (nSPS) is 16.3. The average molecular weight is 428 g/mol. The summed E-state index contributed by atoms with van der Waals surface area (Å²) in [5.74, 6) is 3.64. The minimum Gasteiger partial charge on any atom is -0.384 e. The van der Waals surface area contributed by atoms with Crippen LogP contribution in [0.2, 0.25) is 0 Å². The molecule has 3 rings (SSSR count). The Morgan fingerprint density at radius 3 is 2.39 bits per heavy atom. The van der Waals surface area contributed by atoms with Crippen LogP contribution in [-0.2, 0) is 16.4 Å². The minimum absolute atomic E-state index is 0.0781. The molecule has 1 amide bonds. The van der Waals surface area contributed by atoms with Gasteiger partial charge in [0.15, 0.2) is 0 Å². The number of hydrogen-bond acceptors (Lipinski definition) is 4. The predicted octanol–water partition coefficient (Wildman–Crippen LogP) is 3.36. The topological polar surface area (TPSA) is 93.4 Å². The first kappa shape index (κ1) is 22.4. The molecule has 3 N–H and O–H groups in total. The smallest absolute Gasteiger partial charge is 0.384 e. The van der Waals surface area contributed by atoms with Crippen molar-refractivity contribution in [2.75, 3.05) is 11.9 Å². The molecule has 1 aliphatic rings. The van der Waals surface area contributed by atoms with Crippen LogP contribution < -0.4 is 5.32 Å². The summed E-state index contributed by atoms with van der Waals surface area (Å²) in [5.41, 5.74) is -3.81. The van der Waals surface area contributed by atoms with Gasteiger partial charge in [-0.2, -0.15) is 18.4 Å². The van der Waals surface area contributed by atoms with Crippen LogP contribution in [0.1, 0.15) is 36.0 Å². The summed E-state index contributed by atoms with van der Waals surface area (Å²) in [6.07, 6.45) is -3.44. The predicted molar refractivity (Wildman–Crippen MR) is 107 cm³/mol. The van der Waals surface area contributed by atoms with Crippen molar-refractivity contribution in [2.45, 2.75) is 36.5 Å². The number of nitrogens with zero attached hydrogens (tertiary/aromatic N) is 1. The molecule has 1 aliphatic carbocycles. The molecule has 1 unspecified atom stereocenters. The van der Waals surface area contributed by atoms with Crippen molar-refractivity contribution in [3.05, 3.63) is 65.2 Å². The van der Waals surface area contributed by atoms with Crippen LogP contribution >= 0.6 is 0 Å². The molecule has 2 aromatic carbocycles. The van der Waals surface area contributed by atoms with Gasteiger partial charge in [-0.1, -0.05) is 42.2 Å². The zero-order valence-corrected chi connectivity index (χ0v) is 16.3. The number of nitrogens with one attached hydrogen (secondary N) is 1. The second-order valence-electron chi connectivity index (χ2n) is 7.47. The van der Waals surface area contributed by atoms with Gasteiger partial charge in [0.05, 0.1) is 17.2 Å². The highest BCUT2D eigenvalue weighted by molar-refractivity contribution is 6.00. The van der Waals surface area contributed by atoms with Crippen molar-refractivity contribution >= 4 is 11.6 Å². The molecule has 1 saturated carbocycles. The second-order valence-corrected chi connectivity index (χ2v) is 7.47. The molecule has 0 heterocycles. The monoisotopic (exact) mass is 428 g/mol. The van der Waals surface area contributed by atoms with Gasteiger partial charge in [0, 0.05) is 12.1 Å². The lowest BCUT2D eigenvalue weighted by atomic mass is 9.82. The number of nitriles is 1. The van der Waals surface area contributed by atoms with Crippen LogP contribution in [0, 0.1) is 23.2 Å². The van der Waals surface area contributed by atoms with Gasteiger partial charge in [-0.3, -0.25) is 4.79 Å². The van der Waals surface area contributed by atoms with E-state index in [2.05, 4.69) is 17.2 Å². The summed E-state index contributed by atoms with van der Waals surface area (Å²) >= 11 is 0. The molecule has 0 radical (unpaired) electrons. The van der Waals surface area contributed by atoms with Crippen LogP contribution in [0.3, 0.4) is 0 Å². The Bertz CT molecular complexity index is 1080. The molecule has 0 saturated heterocycles. The van der Waals surface area contributed by atoms with Crippen molar-refractivity contribution in [3.8, 4) is 17.9 Å². The molecule has 0 bridgehead atoms. The van der Waals surface area contributed by atoms with E-state index in [9.17, 15) is 23.1 Å². The first-order chi connectivity index (χ1) is 14.6. The van der Waals surface area contributed by atoms with Crippen molar-refractivity contribution in [2.24, 2.45) is 0 Å². The quantitative estimate of drug-likeness (QED) is 0.637. The lowest BCUT2D eigenvalue weighted by Crippen LogP contribution is -2.44. The second kappa shape index (κ2) is 8.43. The third kappa shape index (κ3) is 4.88. The van der Waals surface area contributed by atoms with Crippen molar-refractivity contribution in [1.29, 1.82) is 5.26 Å². The summed E-state index contributed by atoms with van der Waals surface area (Å²) in [5, 5.41) is 31.3. The van der Waals surface area contributed by atoms with E-state index in [1.807, 2.05) is 30.3 Å². The number of anilines is 1. The van der Waals surface area contributed by atoms with Gasteiger partial charge < -0.3 is 15.5 Å². The van der Waals surface area contributed by atoms with Gasteiger partial charge in [-0.05, 0) is 42.0 Å². The maximum absolute atomic E-state index is 13.2. The zero-order chi connectivity index (χ0) is 22.7. The van der Waals surface area contributed by atoms with E-state index < -0.39 is 40.8 Å². The molecule has 1 fully saturated rings. The average Bonchev–Trinajstić information content (AvgIpc) is 3.52. The fourth-order valence-corrected chi connectivity index (χ4v) is 3.56. The fourth-order valence-electron chi connectivity index (χ4n) is 3.56. The molecular weight excluding hydrogens is 409 g/mol. The van der Waals surface area contributed by atoms with Crippen molar-refractivity contribution in [3.63, 3.8) is 0 Å². The van der Waals surface area contributed by atoms with Gasteiger partial charge in [0.25, 0.3) is 5.91 Å². The number of halogens is 3. The Morgan fingerprint density at radius 1 is 1.16 bits per heavy atom. The summed E-state index contributed by atoms with van der Waals surface area (Å²) in [6.45, 7) is -0.594. The number of benzene rings is 2. The van der Waals surface area contributed by atoms with Crippen LogP contribution in [0.15, 0.2) is 48.5 Å². The molecular formula is C23H19F3N2O3. The van der Waals surface area contributed by atoms with Crippen LogP contribution in [0.4, 0.5) is 18.9 Å². The lowest BCUT2D eigenvalue weighted by molar-refractivity contribution is -0.137. The molecule has 8 heteroatoms. The molecule has 0 aliphatic heterocycles. The maximum Gasteiger partial charge on any atom is 0.417 e. The Balaban J connectivity index is 1.90. The minimum atomic E-state index is -4.79. The van der Waals surface area contributed by atoms with Crippen molar-refractivity contribution in [1.82, 2.24) is 0 Å². The van der Waals surface area contributed by atoms with E-state index in [1.165, 1.54) is 6.07 Å². The first-order valence-corrected chi connectivity index (χ1v) is 9.45. The summed E-state index contributed by atoms with van der Waals surface area (Å²) in [6, 6.07) is 13.5. The summed E-state index contributed by atoms with van der Waals surface area (Å²) < 4.78 is 39.6. The number of aliphatic hydroxyl groups is 2. The van der Waals surface area contributed by atoms with E-state index in [1.54, 1.807) is 0 Å². The maximum atomic E-state index is 13.2. The number of carbonyl (C=O) groups excluding carboxylic acids is 1. The Morgan fingerprint density at radius 2 is 1.84 bits per heavy atom. The third-order valence-electron chi connectivity index (χ3n) is 5.29. The van der Waals surface area contributed by atoms with Crippen LogP contribution in [-0.4, -0.2) is 28.3 Å². The highest BCUT2D eigenvalue weighted by Gasteiger charge is 2.52. The van der Waals surface area contributed by atoms with E-state index in [0.29, 0.717) is 18.9 Å². The summed E-state index contributed by atoms with van der Waals surface area (Å²) in [7, 11) is 0. The van der Waals surface area contributed by atoms with E-state index >= 15 is 0 Å². The van der Waals surface area contributed by atoms with Gasteiger partial charge in [0.2, 0.25) is 5.60 Å². The Hall–Kier alpha value is -3.33. The highest BCUT2D eigenvalue weighted by Crippen LogP contribution is 2.53. The van der Waals surface area contributed by atoms with Gasteiger partial charge in [-0.25, -0.2) is 0 Å².